The molecule has 0 unspecified atom stereocenters. The van der Waals surface area contributed by atoms with Crippen molar-refractivity contribution < 1.29 is 13.5 Å². The smallest absolute Gasteiger partial charge is 0.241 e. The third kappa shape index (κ3) is 5.52. The van der Waals surface area contributed by atoms with Gasteiger partial charge in [-0.2, -0.15) is 0 Å². The van der Waals surface area contributed by atoms with Gasteiger partial charge < -0.3 is 5.11 Å². The molecule has 20 heavy (non-hydrogen) atoms. The van der Waals surface area contributed by atoms with Crippen LogP contribution in [0.15, 0.2) is 27.6 Å². The Labute approximate surface area is 129 Å². The van der Waals surface area contributed by atoms with E-state index >= 15 is 0 Å². The van der Waals surface area contributed by atoms with Crippen molar-refractivity contribution in [3.8, 4) is 0 Å². The average Bonchev–Trinajstić information content (AvgIpc) is 2.37. The molecule has 4 nitrogen and oxygen atoms in total. The van der Waals surface area contributed by atoms with Crippen LogP contribution in [0.5, 0.6) is 0 Å². The van der Waals surface area contributed by atoms with Gasteiger partial charge in [0.25, 0.3) is 0 Å². The lowest BCUT2D eigenvalue weighted by Crippen LogP contribution is -2.25. The van der Waals surface area contributed by atoms with Crippen LogP contribution in [0.1, 0.15) is 38.7 Å². The maximum absolute atomic E-state index is 12.1. The van der Waals surface area contributed by atoms with Gasteiger partial charge in [-0.1, -0.05) is 32.8 Å². The van der Waals surface area contributed by atoms with Crippen LogP contribution in [0.4, 0.5) is 0 Å². The third-order valence-corrected chi connectivity index (χ3v) is 5.41. The zero-order chi connectivity index (χ0) is 15.2. The van der Waals surface area contributed by atoms with Crippen LogP contribution in [0, 0.1) is 5.92 Å². The number of hydrogen-bond donors (Lipinski definition) is 2. The number of hydrogen-bond acceptors (Lipinski definition) is 3. The summed E-state index contributed by atoms with van der Waals surface area (Å²) in [5.41, 5.74) is 0.674. The van der Waals surface area contributed by atoms with Crippen molar-refractivity contribution in [3.63, 3.8) is 0 Å². The average molecular weight is 364 g/mol. The molecule has 0 fully saturated rings. The zero-order valence-electron chi connectivity index (χ0n) is 11.9. The standard InChI is InChI=1S/C14H22BrNO3S/c1-11(2)5-3-4-8-16-20(18,19)14-7-6-12(10-17)9-13(14)15/h6-7,9,11,16-17H,3-5,8,10H2,1-2H3. The highest BCUT2D eigenvalue weighted by atomic mass is 79.9. The van der Waals surface area contributed by atoms with Crippen molar-refractivity contribution in [3.05, 3.63) is 28.2 Å². The highest BCUT2D eigenvalue weighted by molar-refractivity contribution is 9.10. The number of halogens is 1. The molecule has 0 amide bonds. The first-order chi connectivity index (χ1) is 9.36. The molecule has 0 saturated carbocycles. The van der Waals surface area contributed by atoms with Crippen molar-refractivity contribution in [2.24, 2.45) is 5.92 Å². The van der Waals surface area contributed by atoms with E-state index in [0.29, 0.717) is 22.5 Å². The van der Waals surface area contributed by atoms with Crippen LogP contribution < -0.4 is 4.72 Å². The Hall–Kier alpha value is -0.430. The van der Waals surface area contributed by atoms with E-state index in [1.165, 1.54) is 6.07 Å². The van der Waals surface area contributed by atoms with E-state index in [0.717, 1.165) is 19.3 Å². The van der Waals surface area contributed by atoms with E-state index < -0.39 is 10.0 Å². The van der Waals surface area contributed by atoms with Crippen LogP contribution >= 0.6 is 15.9 Å². The van der Waals surface area contributed by atoms with Gasteiger partial charge in [0.05, 0.1) is 11.5 Å². The lowest BCUT2D eigenvalue weighted by atomic mass is 10.1. The molecule has 0 aliphatic carbocycles. The monoisotopic (exact) mass is 363 g/mol. The van der Waals surface area contributed by atoms with Gasteiger partial charge in [-0.15, -0.1) is 0 Å². The maximum atomic E-state index is 12.1. The molecule has 114 valence electrons. The van der Waals surface area contributed by atoms with Gasteiger partial charge >= 0.3 is 0 Å². The van der Waals surface area contributed by atoms with Gasteiger partial charge in [0.2, 0.25) is 10.0 Å². The number of unbranched alkanes of at least 4 members (excludes halogenated alkanes) is 1. The molecule has 0 aliphatic heterocycles. The van der Waals surface area contributed by atoms with E-state index in [1.807, 2.05) is 0 Å². The first kappa shape index (κ1) is 17.6. The molecular formula is C14H22BrNO3S. The second-order valence-electron chi connectivity index (χ2n) is 5.21. The van der Waals surface area contributed by atoms with E-state index in [9.17, 15) is 8.42 Å². The Bertz CT molecular complexity index is 529. The number of aliphatic hydroxyl groups is 1. The highest BCUT2D eigenvalue weighted by Crippen LogP contribution is 2.23. The molecule has 1 aromatic carbocycles. The Morgan fingerprint density at radius 1 is 1.30 bits per heavy atom. The summed E-state index contributed by atoms with van der Waals surface area (Å²) in [6.45, 7) is 4.65. The minimum Gasteiger partial charge on any atom is -0.392 e. The van der Waals surface area contributed by atoms with Crippen LogP contribution in [0.25, 0.3) is 0 Å². The third-order valence-electron chi connectivity index (χ3n) is 2.97. The molecule has 0 aliphatic rings. The normalized spacial score (nSPS) is 12.1. The Kier molecular flexibility index (Phi) is 7.15. The first-order valence-corrected chi connectivity index (χ1v) is 9.03. The summed E-state index contributed by atoms with van der Waals surface area (Å²) in [5, 5.41) is 9.02. The van der Waals surface area contributed by atoms with Crippen LogP contribution in [-0.4, -0.2) is 20.1 Å². The van der Waals surface area contributed by atoms with Gasteiger partial charge in [0, 0.05) is 11.0 Å². The van der Waals surface area contributed by atoms with E-state index in [2.05, 4.69) is 34.5 Å². The summed E-state index contributed by atoms with van der Waals surface area (Å²) in [6, 6.07) is 4.73. The van der Waals surface area contributed by atoms with E-state index in [4.69, 9.17) is 5.11 Å². The van der Waals surface area contributed by atoms with Gasteiger partial charge in [0.1, 0.15) is 0 Å². The minimum absolute atomic E-state index is 0.110. The fourth-order valence-electron chi connectivity index (χ4n) is 1.82. The predicted molar refractivity (Wildman–Crippen MR) is 83.9 cm³/mol. The summed E-state index contributed by atoms with van der Waals surface area (Å²) in [5.74, 6) is 0.645. The van der Waals surface area contributed by atoms with Crippen LogP contribution in [0.2, 0.25) is 0 Å². The van der Waals surface area contributed by atoms with Crippen molar-refractivity contribution >= 4 is 26.0 Å². The largest absolute Gasteiger partial charge is 0.392 e. The van der Waals surface area contributed by atoms with Gasteiger partial charge in [-0.3, -0.25) is 0 Å². The first-order valence-electron chi connectivity index (χ1n) is 6.75. The second kappa shape index (κ2) is 8.12. The Balaban J connectivity index is 2.60. The Morgan fingerprint density at radius 3 is 2.55 bits per heavy atom. The zero-order valence-corrected chi connectivity index (χ0v) is 14.3. The molecule has 0 spiro atoms. The minimum atomic E-state index is -3.50. The summed E-state index contributed by atoms with van der Waals surface area (Å²) in [4.78, 5) is 0.207. The van der Waals surface area contributed by atoms with Crippen molar-refractivity contribution in [1.29, 1.82) is 0 Å². The summed E-state index contributed by atoms with van der Waals surface area (Å²) >= 11 is 3.24. The number of rotatable bonds is 8. The van der Waals surface area contributed by atoms with Gasteiger partial charge in [-0.05, 0) is 46.0 Å². The molecule has 0 bridgehead atoms. The molecule has 0 heterocycles. The van der Waals surface area contributed by atoms with Crippen molar-refractivity contribution in [1.82, 2.24) is 4.72 Å². The molecule has 0 saturated heterocycles. The lowest BCUT2D eigenvalue weighted by molar-refractivity contribution is 0.281. The molecule has 0 atom stereocenters. The molecule has 6 heteroatoms. The summed E-state index contributed by atoms with van der Waals surface area (Å²) in [7, 11) is -3.50. The second-order valence-corrected chi connectivity index (χ2v) is 7.80. The number of nitrogens with one attached hydrogen (secondary N) is 1. The van der Waals surface area contributed by atoms with Crippen molar-refractivity contribution in [2.75, 3.05) is 6.54 Å². The number of sulfonamides is 1. The van der Waals surface area contributed by atoms with E-state index in [1.54, 1.807) is 12.1 Å². The van der Waals surface area contributed by atoms with Crippen LogP contribution in [-0.2, 0) is 16.6 Å². The topological polar surface area (TPSA) is 66.4 Å². The molecule has 1 aromatic rings. The predicted octanol–water partition coefficient (Wildman–Crippen LogP) is 3.05. The number of aliphatic hydroxyl groups excluding tert-OH is 1. The van der Waals surface area contributed by atoms with Gasteiger partial charge in [-0.25, -0.2) is 13.1 Å². The lowest BCUT2D eigenvalue weighted by Gasteiger charge is -2.10. The fourth-order valence-corrected chi connectivity index (χ4v) is 4.02. The summed E-state index contributed by atoms with van der Waals surface area (Å²) < 4.78 is 27.4. The molecule has 2 N–H and O–H groups in total. The highest BCUT2D eigenvalue weighted by Gasteiger charge is 2.17. The Morgan fingerprint density at radius 2 is 2.00 bits per heavy atom. The SMILES string of the molecule is CC(C)CCCCNS(=O)(=O)c1ccc(CO)cc1Br. The molecular weight excluding hydrogens is 342 g/mol. The molecule has 0 radical (unpaired) electrons. The molecule has 0 aromatic heterocycles. The van der Waals surface area contributed by atoms with E-state index in [-0.39, 0.29) is 11.5 Å². The van der Waals surface area contributed by atoms with Crippen molar-refractivity contribution in [2.45, 2.75) is 44.6 Å². The summed E-state index contributed by atoms with van der Waals surface area (Å²) in [6.07, 6.45) is 2.96. The number of benzene rings is 1. The molecule has 1 rings (SSSR count). The fraction of sp³-hybridized carbons (Fsp3) is 0.571. The quantitative estimate of drug-likeness (QED) is 0.697. The maximum Gasteiger partial charge on any atom is 0.241 e. The van der Waals surface area contributed by atoms with Gasteiger partial charge in [0.15, 0.2) is 0 Å². The van der Waals surface area contributed by atoms with Crippen LogP contribution in [0.3, 0.4) is 0 Å².